The molecule has 1 aliphatic rings. The molecule has 0 spiro atoms. The van der Waals surface area contributed by atoms with Gasteiger partial charge in [0, 0.05) is 25.2 Å². The summed E-state index contributed by atoms with van der Waals surface area (Å²) < 4.78 is 26.1. The van der Waals surface area contributed by atoms with Crippen LogP contribution < -0.4 is 4.80 Å². The molecule has 0 aliphatic carbocycles. The van der Waals surface area contributed by atoms with Gasteiger partial charge >= 0.3 is 0 Å². The van der Waals surface area contributed by atoms with Crippen LogP contribution in [0.1, 0.15) is 12.8 Å². The van der Waals surface area contributed by atoms with Crippen molar-refractivity contribution < 1.29 is 13.2 Å². The predicted octanol–water partition coefficient (Wildman–Crippen LogP) is -0.0621. The van der Waals surface area contributed by atoms with E-state index in [1.807, 2.05) is 5.38 Å². The van der Waals surface area contributed by atoms with Crippen molar-refractivity contribution in [3.05, 3.63) is 16.4 Å². The van der Waals surface area contributed by atoms with Crippen LogP contribution in [0.3, 0.4) is 0 Å². The van der Waals surface area contributed by atoms with Crippen LogP contribution in [0.4, 0.5) is 0 Å². The first-order valence-electron chi connectivity index (χ1n) is 5.55. The quantitative estimate of drug-likeness (QED) is 0.765. The van der Waals surface area contributed by atoms with Gasteiger partial charge in [-0.3, -0.25) is 4.79 Å². The number of aromatic nitrogens is 1. The molecule has 2 rings (SSSR count). The van der Waals surface area contributed by atoms with Crippen molar-refractivity contribution in [3.63, 3.8) is 0 Å². The van der Waals surface area contributed by atoms with E-state index in [4.69, 9.17) is 0 Å². The summed E-state index contributed by atoms with van der Waals surface area (Å²) in [6.45, 7) is 0.404. The third-order valence-corrected chi connectivity index (χ3v) is 5.02. The molecule has 6 nitrogen and oxygen atoms in total. The molecule has 0 N–H and O–H groups in total. The van der Waals surface area contributed by atoms with Gasteiger partial charge in [-0.05, 0) is 12.8 Å². The van der Waals surface area contributed by atoms with E-state index in [2.05, 4.69) is 4.99 Å². The summed E-state index contributed by atoms with van der Waals surface area (Å²) in [5.41, 5.74) is 0. The molecule has 1 atom stereocenters. The summed E-state index contributed by atoms with van der Waals surface area (Å²) in [5.74, 6) is -0.379. The van der Waals surface area contributed by atoms with Crippen LogP contribution in [-0.2, 0) is 21.9 Å². The molecular formula is C10H15N3O3S2. The van der Waals surface area contributed by atoms with Crippen LogP contribution in [0.15, 0.2) is 16.6 Å². The summed E-state index contributed by atoms with van der Waals surface area (Å²) in [7, 11) is -1.54. The molecule has 8 heteroatoms. The number of thiazole rings is 1. The van der Waals surface area contributed by atoms with Crippen molar-refractivity contribution in [2.24, 2.45) is 12.0 Å². The lowest BCUT2D eigenvalue weighted by Crippen LogP contribution is -2.39. The predicted molar refractivity (Wildman–Crippen MR) is 68.4 cm³/mol. The Kier molecular flexibility index (Phi) is 3.69. The fourth-order valence-electron chi connectivity index (χ4n) is 1.99. The zero-order chi connectivity index (χ0) is 13.3. The third-order valence-electron chi connectivity index (χ3n) is 2.88. The molecule has 1 saturated heterocycles. The van der Waals surface area contributed by atoms with Crippen LogP contribution in [0.25, 0.3) is 0 Å². The van der Waals surface area contributed by atoms with E-state index in [-0.39, 0.29) is 5.91 Å². The molecule has 0 bridgehead atoms. The van der Waals surface area contributed by atoms with Crippen LogP contribution in [0.5, 0.6) is 0 Å². The van der Waals surface area contributed by atoms with E-state index in [9.17, 15) is 13.2 Å². The molecule has 0 saturated carbocycles. The molecule has 0 radical (unpaired) electrons. The smallest absolute Gasteiger partial charge is 0.266 e. The number of nitrogens with zero attached hydrogens (tertiary/aromatic N) is 3. The number of carbonyl (C=O) groups excluding carboxylic acids is 1. The van der Waals surface area contributed by atoms with Crippen molar-refractivity contribution >= 4 is 27.3 Å². The van der Waals surface area contributed by atoms with E-state index in [1.165, 1.54) is 15.6 Å². The molecule has 1 fully saturated rings. The van der Waals surface area contributed by atoms with Gasteiger partial charge in [-0.15, -0.1) is 11.3 Å². The Bertz CT molecular complexity index is 614. The summed E-state index contributed by atoms with van der Waals surface area (Å²) in [5, 5.41) is 1.83. The van der Waals surface area contributed by atoms with Gasteiger partial charge in [0.25, 0.3) is 5.91 Å². The second-order valence-electron chi connectivity index (χ2n) is 4.28. The molecule has 100 valence electrons. The Balaban J connectivity index is 2.28. The highest BCUT2D eigenvalue weighted by Gasteiger charge is 2.36. The number of aryl methyl sites for hydroxylation is 1. The maximum Gasteiger partial charge on any atom is 0.266 e. The van der Waals surface area contributed by atoms with E-state index < -0.39 is 16.1 Å². The number of amides is 1. The van der Waals surface area contributed by atoms with Crippen molar-refractivity contribution in [2.45, 2.75) is 18.9 Å². The van der Waals surface area contributed by atoms with Gasteiger partial charge in [0.2, 0.25) is 10.0 Å². The standard InChI is InChI=1S/C10H15N3O3S2/c1-12-6-7-17-10(12)11-9(14)8-4-3-5-13(8)18(2,15)16/h6-8H,3-5H2,1-2H3/t8-/m0/s1. The van der Waals surface area contributed by atoms with Crippen LogP contribution in [-0.4, -0.2) is 42.0 Å². The minimum absolute atomic E-state index is 0.379. The second kappa shape index (κ2) is 4.94. The highest BCUT2D eigenvalue weighted by molar-refractivity contribution is 7.88. The molecule has 1 amide bonds. The van der Waals surface area contributed by atoms with Crippen LogP contribution in [0.2, 0.25) is 0 Å². The number of hydrogen-bond donors (Lipinski definition) is 0. The monoisotopic (exact) mass is 289 g/mol. The average Bonchev–Trinajstić information content (AvgIpc) is 2.86. The minimum Gasteiger partial charge on any atom is -0.327 e. The largest absolute Gasteiger partial charge is 0.327 e. The Labute approximate surface area is 110 Å². The topological polar surface area (TPSA) is 71.7 Å². The summed E-state index contributed by atoms with van der Waals surface area (Å²) in [4.78, 5) is 16.6. The highest BCUT2D eigenvalue weighted by atomic mass is 32.2. The Hall–Kier alpha value is -0.990. The molecule has 1 aromatic rings. The van der Waals surface area contributed by atoms with Crippen LogP contribution in [0, 0.1) is 0 Å². The summed E-state index contributed by atoms with van der Waals surface area (Å²) in [6, 6.07) is -0.637. The lowest BCUT2D eigenvalue weighted by molar-refractivity contribution is -0.121. The maximum atomic E-state index is 12.0. The average molecular weight is 289 g/mol. The number of rotatable bonds is 2. The van der Waals surface area contributed by atoms with E-state index in [0.29, 0.717) is 24.2 Å². The molecule has 0 aromatic carbocycles. The normalized spacial score (nSPS) is 22.6. The zero-order valence-electron chi connectivity index (χ0n) is 10.2. The van der Waals surface area contributed by atoms with E-state index in [0.717, 1.165) is 6.26 Å². The first kappa shape index (κ1) is 13.4. The van der Waals surface area contributed by atoms with Gasteiger partial charge in [-0.2, -0.15) is 9.30 Å². The van der Waals surface area contributed by atoms with E-state index in [1.54, 1.807) is 17.8 Å². The lowest BCUT2D eigenvalue weighted by Gasteiger charge is -2.18. The Morgan fingerprint density at radius 1 is 1.56 bits per heavy atom. The van der Waals surface area contributed by atoms with Gasteiger partial charge in [-0.25, -0.2) is 8.42 Å². The van der Waals surface area contributed by atoms with Crippen molar-refractivity contribution in [3.8, 4) is 0 Å². The molecule has 0 unspecified atom stereocenters. The Morgan fingerprint density at radius 2 is 2.28 bits per heavy atom. The van der Waals surface area contributed by atoms with Crippen LogP contribution >= 0.6 is 11.3 Å². The fourth-order valence-corrected chi connectivity index (χ4v) is 3.84. The van der Waals surface area contributed by atoms with Crippen molar-refractivity contribution in [2.75, 3.05) is 12.8 Å². The number of carbonyl (C=O) groups is 1. The maximum absolute atomic E-state index is 12.0. The van der Waals surface area contributed by atoms with E-state index >= 15 is 0 Å². The molecule has 1 aliphatic heterocycles. The zero-order valence-corrected chi connectivity index (χ0v) is 11.9. The van der Waals surface area contributed by atoms with Gasteiger partial charge in [0.1, 0.15) is 6.04 Å². The first-order valence-corrected chi connectivity index (χ1v) is 8.28. The SMILES string of the molecule is Cn1ccsc1=NC(=O)[C@@H]1CCCN1S(C)(=O)=O. The van der Waals surface area contributed by atoms with Gasteiger partial charge in [0.05, 0.1) is 6.26 Å². The lowest BCUT2D eigenvalue weighted by atomic mass is 10.2. The summed E-state index contributed by atoms with van der Waals surface area (Å²) in [6.07, 6.45) is 4.18. The minimum atomic E-state index is -3.34. The Morgan fingerprint density at radius 3 is 2.83 bits per heavy atom. The van der Waals surface area contributed by atoms with Crippen molar-refractivity contribution in [1.82, 2.24) is 8.87 Å². The third kappa shape index (κ3) is 2.70. The molecular weight excluding hydrogens is 274 g/mol. The summed E-state index contributed by atoms with van der Waals surface area (Å²) >= 11 is 1.35. The number of sulfonamides is 1. The fraction of sp³-hybridized carbons (Fsp3) is 0.600. The van der Waals surface area contributed by atoms with Gasteiger partial charge in [0.15, 0.2) is 4.80 Å². The van der Waals surface area contributed by atoms with Gasteiger partial charge < -0.3 is 4.57 Å². The molecule has 2 heterocycles. The highest BCUT2D eigenvalue weighted by Crippen LogP contribution is 2.21. The molecule has 1 aromatic heterocycles. The second-order valence-corrected chi connectivity index (χ2v) is 7.09. The van der Waals surface area contributed by atoms with Gasteiger partial charge in [-0.1, -0.05) is 0 Å². The number of hydrogen-bond acceptors (Lipinski definition) is 4. The van der Waals surface area contributed by atoms with Crippen molar-refractivity contribution in [1.29, 1.82) is 0 Å². The molecule has 18 heavy (non-hydrogen) atoms. The first-order chi connectivity index (χ1) is 8.39.